The molecule has 0 aliphatic heterocycles. The molecule has 0 aliphatic rings. The molecule has 0 saturated heterocycles. The molecule has 0 bridgehead atoms. The van der Waals surface area contributed by atoms with Crippen LogP contribution in [0.15, 0.2) is 24.3 Å². The topological polar surface area (TPSA) is 41.5 Å². The second-order valence-corrected chi connectivity index (χ2v) is 4.84. The first-order valence-corrected chi connectivity index (χ1v) is 6.74. The lowest BCUT2D eigenvalue weighted by molar-refractivity contribution is 0.202. The van der Waals surface area contributed by atoms with Gasteiger partial charge in [0.1, 0.15) is 5.75 Å². The maximum atomic E-state index is 9.24. The second-order valence-electron chi connectivity index (χ2n) is 4.84. The predicted molar refractivity (Wildman–Crippen MR) is 75.1 cm³/mol. The van der Waals surface area contributed by atoms with Crippen LogP contribution in [0.3, 0.4) is 0 Å². The Morgan fingerprint density at radius 1 is 1.33 bits per heavy atom. The Morgan fingerprint density at radius 3 is 2.72 bits per heavy atom. The van der Waals surface area contributed by atoms with Gasteiger partial charge in [-0.2, -0.15) is 0 Å². The van der Waals surface area contributed by atoms with Crippen molar-refractivity contribution in [2.24, 2.45) is 0 Å². The van der Waals surface area contributed by atoms with Crippen LogP contribution >= 0.6 is 0 Å². The number of rotatable bonds is 8. The lowest BCUT2D eigenvalue weighted by Crippen LogP contribution is -2.38. The summed E-state index contributed by atoms with van der Waals surface area (Å²) in [5, 5.41) is 12.5. The summed E-state index contributed by atoms with van der Waals surface area (Å²) in [7, 11) is 0. The molecule has 0 fully saturated rings. The summed E-state index contributed by atoms with van der Waals surface area (Å²) in [6.07, 6.45) is 1.83. The number of ether oxygens (including phenoxy) is 1. The Hall–Kier alpha value is -1.06. The molecule has 18 heavy (non-hydrogen) atoms. The van der Waals surface area contributed by atoms with Gasteiger partial charge in [0.2, 0.25) is 0 Å². The third kappa shape index (κ3) is 5.52. The van der Waals surface area contributed by atoms with Gasteiger partial charge in [0.25, 0.3) is 0 Å². The van der Waals surface area contributed by atoms with E-state index in [2.05, 4.69) is 38.2 Å². The molecule has 0 amide bonds. The Labute approximate surface area is 110 Å². The van der Waals surface area contributed by atoms with Crippen LogP contribution in [0.25, 0.3) is 0 Å². The van der Waals surface area contributed by atoms with Crippen LogP contribution < -0.4 is 10.1 Å². The predicted octanol–water partition coefficient (Wildman–Crippen LogP) is 2.38. The van der Waals surface area contributed by atoms with Gasteiger partial charge in [0.15, 0.2) is 0 Å². The second kappa shape index (κ2) is 8.11. The molecular formula is C15H25NO2. The van der Waals surface area contributed by atoms with Crippen molar-refractivity contribution >= 4 is 0 Å². The van der Waals surface area contributed by atoms with Crippen LogP contribution in [0, 0.1) is 0 Å². The average molecular weight is 251 g/mol. The quantitative estimate of drug-likeness (QED) is 0.745. The zero-order valence-corrected chi connectivity index (χ0v) is 11.6. The third-order valence-corrected chi connectivity index (χ3v) is 2.83. The molecule has 2 N–H and O–H groups in total. The molecule has 0 aromatic heterocycles. The van der Waals surface area contributed by atoms with Crippen molar-refractivity contribution in [2.75, 3.05) is 13.2 Å². The summed E-state index contributed by atoms with van der Waals surface area (Å²) in [6, 6.07) is 8.66. The summed E-state index contributed by atoms with van der Waals surface area (Å²) in [6.45, 7) is 7.06. The van der Waals surface area contributed by atoms with Crippen molar-refractivity contribution in [2.45, 2.75) is 45.7 Å². The molecule has 3 nitrogen and oxygen atoms in total. The minimum absolute atomic E-state index is 0.111. The molecule has 0 saturated carbocycles. The van der Waals surface area contributed by atoms with Gasteiger partial charge in [-0.1, -0.05) is 32.9 Å². The van der Waals surface area contributed by atoms with E-state index in [0.29, 0.717) is 12.6 Å². The Bertz CT molecular complexity index is 339. The fraction of sp³-hybridized carbons (Fsp3) is 0.600. The Morgan fingerprint density at radius 2 is 2.11 bits per heavy atom. The molecule has 3 heteroatoms. The van der Waals surface area contributed by atoms with E-state index in [1.54, 1.807) is 0 Å². The molecule has 102 valence electrons. The van der Waals surface area contributed by atoms with Crippen molar-refractivity contribution in [3.63, 3.8) is 0 Å². The number of nitrogens with one attached hydrogen (secondary N) is 1. The molecule has 0 aliphatic carbocycles. The highest BCUT2D eigenvalue weighted by atomic mass is 16.5. The van der Waals surface area contributed by atoms with Gasteiger partial charge in [-0.25, -0.2) is 0 Å². The molecule has 0 heterocycles. The summed E-state index contributed by atoms with van der Waals surface area (Å²) in [5.41, 5.74) is 1.28. The number of aliphatic hydroxyl groups excluding tert-OH is 1. The highest BCUT2D eigenvalue weighted by Gasteiger charge is 2.08. The van der Waals surface area contributed by atoms with Gasteiger partial charge >= 0.3 is 0 Å². The zero-order chi connectivity index (χ0) is 13.4. The van der Waals surface area contributed by atoms with Crippen LogP contribution in [-0.2, 0) is 6.42 Å². The van der Waals surface area contributed by atoms with Gasteiger partial charge in [-0.3, -0.25) is 0 Å². The summed E-state index contributed by atoms with van der Waals surface area (Å²) < 4.78 is 5.71. The number of hydrogen-bond donors (Lipinski definition) is 2. The number of hydrogen-bond acceptors (Lipinski definition) is 3. The first-order valence-electron chi connectivity index (χ1n) is 6.74. The van der Waals surface area contributed by atoms with Crippen molar-refractivity contribution < 1.29 is 9.84 Å². The number of benzene rings is 1. The molecule has 1 aromatic carbocycles. The van der Waals surface area contributed by atoms with Gasteiger partial charge in [0, 0.05) is 12.1 Å². The SMILES string of the molecule is CCc1cccc(OCCC(CO)NC(C)C)c1. The van der Waals surface area contributed by atoms with Crippen molar-refractivity contribution in [3.8, 4) is 5.75 Å². The summed E-state index contributed by atoms with van der Waals surface area (Å²) in [5.74, 6) is 0.913. The van der Waals surface area contributed by atoms with E-state index in [4.69, 9.17) is 4.74 Å². The van der Waals surface area contributed by atoms with E-state index in [-0.39, 0.29) is 12.6 Å². The highest BCUT2D eigenvalue weighted by molar-refractivity contribution is 5.28. The Kier molecular flexibility index (Phi) is 6.76. The first kappa shape index (κ1) is 15.0. The monoisotopic (exact) mass is 251 g/mol. The smallest absolute Gasteiger partial charge is 0.119 e. The molecule has 0 radical (unpaired) electrons. The maximum absolute atomic E-state index is 9.24. The van der Waals surface area contributed by atoms with Crippen LogP contribution in [-0.4, -0.2) is 30.4 Å². The first-order chi connectivity index (χ1) is 8.65. The van der Waals surface area contributed by atoms with Gasteiger partial charge < -0.3 is 15.2 Å². The summed E-state index contributed by atoms with van der Waals surface area (Å²) in [4.78, 5) is 0. The number of aryl methyl sites for hydroxylation is 1. The van der Waals surface area contributed by atoms with Gasteiger partial charge in [0.05, 0.1) is 13.2 Å². The van der Waals surface area contributed by atoms with Crippen molar-refractivity contribution in [3.05, 3.63) is 29.8 Å². The standard InChI is InChI=1S/C15H25NO2/c1-4-13-6-5-7-15(10-13)18-9-8-14(11-17)16-12(2)3/h5-7,10,12,14,16-17H,4,8-9,11H2,1-3H3. The van der Waals surface area contributed by atoms with Crippen molar-refractivity contribution in [1.82, 2.24) is 5.32 Å². The minimum atomic E-state index is 0.111. The highest BCUT2D eigenvalue weighted by Crippen LogP contribution is 2.14. The molecular weight excluding hydrogens is 226 g/mol. The van der Waals surface area contributed by atoms with E-state index in [1.165, 1.54) is 5.56 Å². The average Bonchev–Trinajstić information content (AvgIpc) is 2.37. The van der Waals surface area contributed by atoms with Crippen LogP contribution in [0.4, 0.5) is 0 Å². The molecule has 0 spiro atoms. The molecule has 1 atom stereocenters. The van der Waals surface area contributed by atoms with Crippen LogP contribution in [0.2, 0.25) is 0 Å². The van der Waals surface area contributed by atoms with Crippen molar-refractivity contribution in [1.29, 1.82) is 0 Å². The van der Waals surface area contributed by atoms with Gasteiger partial charge in [-0.05, 0) is 30.5 Å². The van der Waals surface area contributed by atoms with E-state index >= 15 is 0 Å². The largest absolute Gasteiger partial charge is 0.494 e. The molecule has 1 aromatic rings. The summed E-state index contributed by atoms with van der Waals surface area (Å²) >= 11 is 0. The van der Waals surface area contributed by atoms with Crippen LogP contribution in [0.1, 0.15) is 32.8 Å². The van der Waals surface area contributed by atoms with Gasteiger partial charge in [-0.15, -0.1) is 0 Å². The van der Waals surface area contributed by atoms with E-state index in [1.807, 2.05) is 12.1 Å². The maximum Gasteiger partial charge on any atom is 0.119 e. The fourth-order valence-corrected chi connectivity index (χ4v) is 1.87. The zero-order valence-electron chi connectivity index (χ0n) is 11.6. The Balaban J connectivity index is 2.35. The van der Waals surface area contributed by atoms with Crippen LogP contribution in [0.5, 0.6) is 5.75 Å². The number of aliphatic hydroxyl groups is 1. The normalized spacial score (nSPS) is 12.7. The molecule has 1 rings (SSSR count). The van der Waals surface area contributed by atoms with E-state index in [9.17, 15) is 5.11 Å². The minimum Gasteiger partial charge on any atom is -0.494 e. The van der Waals surface area contributed by atoms with E-state index < -0.39 is 0 Å². The lowest BCUT2D eigenvalue weighted by Gasteiger charge is -2.19. The third-order valence-electron chi connectivity index (χ3n) is 2.83. The molecule has 1 unspecified atom stereocenters. The lowest BCUT2D eigenvalue weighted by atomic mass is 10.1. The fourth-order valence-electron chi connectivity index (χ4n) is 1.87. The van der Waals surface area contributed by atoms with E-state index in [0.717, 1.165) is 18.6 Å².